The number of anilines is 3. The third-order valence-corrected chi connectivity index (χ3v) is 4.74. The molecule has 180 valence electrons. The number of rotatable bonds is 5. The summed E-state index contributed by atoms with van der Waals surface area (Å²) in [7, 11) is 0. The maximum atomic E-state index is 11.0. The lowest BCUT2D eigenvalue weighted by atomic mass is 10.2. The van der Waals surface area contributed by atoms with Crippen LogP contribution in [0.25, 0.3) is 5.69 Å². The number of carboxylic acid groups (broad SMARTS) is 2. The van der Waals surface area contributed by atoms with Crippen molar-refractivity contribution in [2.45, 2.75) is 6.18 Å². The van der Waals surface area contributed by atoms with Gasteiger partial charge in [-0.05, 0) is 36.4 Å². The van der Waals surface area contributed by atoms with Crippen LogP contribution in [-0.2, 0) is 9.53 Å². The minimum atomic E-state index is -5.08. The zero-order valence-corrected chi connectivity index (χ0v) is 17.7. The monoisotopic (exact) mass is 478 g/mol. The Morgan fingerprint density at radius 1 is 1.00 bits per heavy atom. The number of benzene rings is 1. The van der Waals surface area contributed by atoms with E-state index in [1.807, 2.05) is 24.3 Å². The Morgan fingerprint density at radius 3 is 2.21 bits per heavy atom. The number of halogens is 3. The number of aromatic carboxylic acids is 1. The number of ether oxygens (including phenoxy) is 1. The van der Waals surface area contributed by atoms with Gasteiger partial charge in [-0.1, -0.05) is 0 Å². The molecule has 0 spiro atoms. The van der Waals surface area contributed by atoms with Crippen LogP contribution in [0.5, 0.6) is 0 Å². The number of morpholine rings is 1. The summed E-state index contributed by atoms with van der Waals surface area (Å²) in [6.07, 6.45) is -0.0848. The van der Waals surface area contributed by atoms with Crippen LogP contribution in [0.2, 0.25) is 0 Å². The fraction of sp³-hybridized carbons (Fsp3) is 0.227. The van der Waals surface area contributed by atoms with Gasteiger partial charge in [-0.25, -0.2) is 14.6 Å². The van der Waals surface area contributed by atoms with E-state index >= 15 is 0 Å². The fourth-order valence-corrected chi connectivity index (χ4v) is 3.06. The largest absolute Gasteiger partial charge is 0.490 e. The number of nitrogens with one attached hydrogen (secondary N) is 1. The molecule has 0 atom stereocenters. The highest BCUT2D eigenvalue weighted by molar-refractivity contribution is 5.87. The number of carbonyl (C=O) groups is 2. The van der Waals surface area contributed by atoms with Crippen LogP contribution in [0.3, 0.4) is 0 Å². The van der Waals surface area contributed by atoms with Crippen molar-refractivity contribution in [3.8, 4) is 5.69 Å². The molecular formula is C22H21F3N4O5. The van der Waals surface area contributed by atoms with Gasteiger partial charge in [0.25, 0.3) is 0 Å². The summed E-state index contributed by atoms with van der Waals surface area (Å²) in [6.45, 7) is 3.34. The van der Waals surface area contributed by atoms with Crippen LogP contribution in [0.4, 0.5) is 30.4 Å². The Hall–Kier alpha value is -4.06. The van der Waals surface area contributed by atoms with E-state index in [0.717, 1.165) is 37.7 Å². The lowest BCUT2D eigenvalue weighted by Gasteiger charge is -2.28. The summed E-state index contributed by atoms with van der Waals surface area (Å²) in [5.41, 5.74) is 3.21. The maximum Gasteiger partial charge on any atom is 0.490 e. The van der Waals surface area contributed by atoms with Gasteiger partial charge in [-0.2, -0.15) is 13.2 Å². The number of pyridine rings is 1. The van der Waals surface area contributed by atoms with E-state index in [0.29, 0.717) is 5.82 Å². The number of carboxylic acids is 2. The molecule has 3 heterocycles. The van der Waals surface area contributed by atoms with E-state index in [-0.39, 0.29) is 5.56 Å². The first-order valence-corrected chi connectivity index (χ1v) is 10.0. The molecule has 0 unspecified atom stereocenters. The van der Waals surface area contributed by atoms with E-state index < -0.39 is 18.1 Å². The molecule has 0 radical (unpaired) electrons. The van der Waals surface area contributed by atoms with Gasteiger partial charge in [0.05, 0.1) is 24.5 Å². The van der Waals surface area contributed by atoms with Crippen molar-refractivity contribution in [2.75, 3.05) is 36.5 Å². The van der Waals surface area contributed by atoms with Crippen molar-refractivity contribution in [3.63, 3.8) is 0 Å². The second kappa shape index (κ2) is 10.7. The Labute approximate surface area is 192 Å². The molecule has 12 heteroatoms. The van der Waals surface area contributed by atoms with Gasteiger partial charge in [-0.15, -0.1) is 0 Å². The Balaban J connectivity index is 0.000000406. The van der Waals surface area contributed by atoms with Crippen molar-refractivity contribution in [2.24, 2.45) is 0 Å². The van der Waals surface area contributed by atoms with Gasteiger partial charge in [0.1, 0.15) is 5.82 Å². The molecule has 1 fully saturated rings. The molecular weight excluding hydrogens is 457 g/mol. The quantitative estimate of drug-likeness (QED) is 0.507. The number of aromatic nitrogens is 2. The van der Waals surface area contributed by atoms with Gasteiger partial charge in [0.2, 0.25) is 0 Å². The molecule has 1 aliphatic heterocycles. The second-order valence-corrected chi connectivity index (χ2v) is 7.09. The van der Waals surface area contributed by atoms with Crippen LogP contribution in [-0.4, -0.2) is 64.2 Å². The maximum absolute atomic E-state index is 11.0. The Bertz CT molecular complexity index is 1130. The smallest absolute Gasteiger partial charge is 0.478 e. The number of nitrogens with zero attached hydrogens (tertiary/aromatic N) is 3. The molecule has 3 N–H and O–H groups in total. The van der Waals surface area contributed by atoms with Crippen LogP contribution in [0.1, 0.15) is 10.4 Å². The third kappa shape index (κ3) is 6.72. The zero-order valence-electron chi connectivity index (χ0n) is 17.7. The van der Waals surface area contributed by atoms with Gasteiger partial charge in [0, 0.05) is 49.1 Å². The summed E-state index contributed by atoms with van der Waals surface area (Å²) in [6, 6.07) is 13.5. The van der Waals surface area contributed by atoms with Crippen molar-refractivity contribution < 1.29 is 37.7 Å². The number of aliphatic carboxylic acids is 1. The van der Waals surface area contributed by atoms with Crippen molar-refractivity contribution in [1.82, 2.24) is 9.55 Å². The predicted molar refractivity (Wildman–Crippen MR) is 117 cm³/mol. The molecule has 0 bridgehead atoms. The highest BCUT2D eigenvalue weighted by Crippen LogP contribution is 2.22. The third-order valence-electron chi connectivity index (χ3n) is 4.74. The average molecular weight is 478 g/mol. The molecule has 0 saturated carbocycles. The van der Waals surface area contributed by atoms with E-state index in [4.69, 9.17) is 19.7 Å². The van der Waals surface area contributed by atoms with Crippen LogP contribution in [0.15, 0.2) is 61.1 Å². The summed E-state index contributed by atoms with van der Waals surface area (Å²) >= 11 is 0. The van der Waals surface area contributed by atoms with E-state index in [1.54, 1.807) is 29.2 Å². The molecule has 1 aliphatic rings. The highest BCUT2D eigenvalue weighted by Gasteiger charge is 2.38. The molecule has 4 rings (SSSR count). The topological polar surface area (TPSA) is 117 Å². The SMILES string of the molecule is O=C(O)C(F)(F)F.O=C(O)c1ccn(-c2ccnc(Nc3ccc(N4CCOCC4)cc3)c2)c1. The Kier molecular flexibility index (Phi) is 7.74. The van der Waals surface area contributed by atoms with Crippen LogP contribution >= 0.6 is 0 Å². The van der Waals surface area contributed by atoms with Gasteiger partial charge < -0.3 is 29.7 Å². The molecule has 0 aliphatic carbocycles. The van der Waals surface area contributed by atoms with Crippen molar-refractivity contribution in [1.29, 1.82) is 0 Å². The van der Waals surface area contributed by atoms with Gasteiger partial charge in [0.15, 0.2) is 0 Å². The highest BCUT2D eigenvalue weighted by atomic mass is 19.4. The zero-order chi connectivity index (χ0) is 24.7. The van der Waals surface area contributed by atoms with E-state index in [2.05, 4.69) is 27.3 Å². The summed E-state index contributed by atoms with van der Waals surface area (Å²) in [5, 5.41) is 19.5. The molecule has 1 aromatic carbocycles. The molecule has 2 aromatic heterocycles. The molecule has 0 amide bonds. The fourth-order valence-electron chi connectivity index (χ4n) is 3.06. The van der Waals surface area contributed by atoms with Crippen LogP contribution in [0, 0.1) is 0 Å². The summed E-state index contributed by atoms with van der Waals surface area (Å²) in [5.74, 6) is -3.01. The number of hydrogen-bond acceptors (Lipinski definition) is 6. The van der Waals surface area contributed by atoms with Crippen molar-refractivity contribution >= 4 is 29.1 Å². The molecule has 1 saturated heterocycles. The van der Waals surface area contributed by atoms with E-state index in [1.165, 1.54) is 5.69 Å². The average Bonchev–Trinajstić information content (AvgIpc) is 3.31. The minimum absolute atomic E-state index is 0.250. The molecule has 3 aromatic rings. The summed E-state index contributed by atoms with van der Waals surface area (Å²) in [4.78, 5) is 26.6. The first-order valence-electron chi connectivity index (χ1n) is 10.0. The standard InChI is InChI=1S/C20H20N4O3.C2HF3O2/c25-20(26)15-6-8-24(14-15)18-5-7-21-19(13-18)22-16-1-3-17(4-2-16)23-9-11-27-12-10-23;3-2(4,5)1(6)7/h1-8,13-14H,9-12H2,(H,21,22)(H,25,26);(H,6,7). The minimum Gasteiger partial charge on any atom is -0.478 e. The number of alkyl halides is 3. The van der Waals surface area contributed by atoms with Gasteiger partial charge in [-0.3, -0.25) is 0 Å². The second-order valence-electron chi connectivity index (χ2n) is 7.09. The number of hydrogen-bond donors (Lipinski definition) is 3. The first-order chi connectivity index (χ1) is 16.1. The lowest BCUT2D eigenvalue weighted by Crippen LogP contribution is -2.36. The normalized spacial score (nSPS) is 13.6. The predicted octanol–water partition coefficient (Wildman–Crippen LogP) is 3.78. The van der Waals surface area contributed by atoms with Crippen LogP contribution < -0.4 is 10.2 Å². The van der Waals surface area contributed by atoms with Crippen molar-refractivity contribution in [3.05, 3.63) is 66.6 Å². The summed E-state index contributed by atoms with van der Waals surface area (Å²) < 4.78 is 38.9. The molecule has 34 heavy (non-hydrogen) atoms. The molecule has 9 nitrogen and oxygen atoms in total. The Morgan fingerprint density at radius 2 is 1.65 bits per heavy atom. The lowest BCUT2D eigenvalue weighted by molar-refractivity contribution is -0.192. The van der Waals surface area contributed by atoms with Gasteiger partial charge >= 0.3 is 18.1 Å². The van der Waals surface area contributed by atoms with E-state index in [9.17, 15) is 18.0 Å². The first kappa shape index (κ1) is 24.6.